The number of rotatable bonds is 2. The molecule has 4 heteroatoms. The Labute approximate surface area is 99.6 Å². The van der Waals surface area contributed by atoms with E-state index in [4.69, 9.17) is 22.7 Å². The summed E-state index contributed by atoms with van der Waals surface area (Å²) in [5, 5.41) is 20.6. The molecule has 0 atom stereocenters. The van der Waals surface area contributed by atoms with Crippen molar-refractivity contribution in [2.45, 2.75) is 6.92 Å². The molecule has 78 valence electrons. The average Bonchev–Trinajstić information content (AvgIpc) is 2.30. The van der Waals surface area contributed by atoms with Gasteiger partial charge in [-0.3, -0.25) is 0 Å². The van der Waals surface area contributed by atoms with Crippen LogP contribution < -0.4 is 5.32 Å². The maximum absolute atomic E-state index is 8.86. The smallest absolute Gasteiger partial charge is 0.153 e. The third kappa shape index (κ3) is 2.91. The number of allylic oxidation sites excluding steroid dienone is 1. The average molecular weight is 227 g/mol. The van der Waals surface area contributed by atoms with E-state index in [0.717, 1.165) is 5.56 Å². The van der Waals surface area contributed by atoms with Crippen molar-refractivity contribution < 1.29 is 0 Å². The molecule has 3 nitrogen and oxygen atoms in total. The molecule has 0 heterocycles. The van der Waals surface area contributed by atoms with Crippen LogP contribution in [0.25, 0.3) is 5.70 Å². The Hall–Kier alpha value is -2.17. The fourth-order valence-electron chi connectivity index (χ4n) is 1.20. The highest BCUT2D eigenvalue weighted by molar-refractivity contribution is 7.80. The number of hydrogen-bond acceptors (Lipinski definition) is 3. The molecule has 16 heavy (non-hydrogen) atoms. The molecule has 0 aliphatic carbocycles. The summed E-state index contributed by atoms with van der Waals surface area (Å²) in [6, 6.07) is 12.9. The van der Waals surface area contributed by atoms with E-state index in [-0.39, 0.29) is 5.57 Å². The number of thiocarbonyl (C=S) groups is 1. The number of nitriles is 2. The first-order valence-corrected chi connectivity index (χ1v) is 4.97. The summed E-state index contributed by atoms with van der Waals surface area (Å²) >= 11 is 4.92. The van der Waals surface area contributed by atoms with Crippen LogP contribution in [0.15, 0.2) is 35.9 Å². The van der Waals surface area contributed by atoms with Crippen LogP contribution in [0.2, 0.25) is 0 Å². The Morgan fingerprint density at radius 3 is 2.19 bits per heavy atom. The van der Waals surface area contributed by atoms with Gasteiger partial charge in [-0.15, -0.1) is 0 Å². The minimum Gasteiger partial charge on any atom is -0.348 e. The second-order valence-corrected chi connectivity index (χ2v) is 3.63. The summed E-state index contributed by atoms with van der Waals surface area (Å²) in [7, 11) is 0. The normalized spacial score (nSPS) is 8.44. The fraction of sp³-hybridized carbons (Fsp3) is 0.0833. The Balaban J connectivity index is 3.29. The summed E-state index contributed by atoms with van der Waals surface area (Å²) in [5.74, 6) is 0. The molecular formula is C12H9N3S. The van der Waals surface area contributed by atoms with Crippen molar-refractivity contribution in [3.05, 3.63) is 41.5 Å². The molecule has 0 amide bonds. The lowest BCUT2D eigenvalue weighted by atomic mass is 10.1. The third-order valence-corrected chi connectivity index (χ3v) is 1.94. The predicted octanol–water partition coefficient (Wildman–Crippen LogP) is 2.38. The largest absolute Gasteiger partial charge is 0.348 e. The second kappa shape index (κ2) is 5.65. The van der Waals surface area contributed by atoms with Gasteiger partial charge in [0.25, 0.3) is 0 Å². The van der Waals surface area contributed by atoms with Gasteiger partial charge in [0.15, 0.2) is 5.57 Å². The van der Waals surface area contributed by atoms with Crippen molar-refractivity contribution in [3.63, 3.8) is 0 Å². The van der Waals surface area contributed by atoms with Crippen molar-refractivity contribution >= 4 is 22.9 Å². The SMILES string of the molecule is CC(=S)NC(=C(C#N)C#N)c1ccccc1. The first-order chi connectivity index (χ1) is 7.69. The van der Waals surface area contributed by atoms with Gasteiger partial charge in [-0.2, -0.15) is 10.5 Å². The van der Waals surface area contributed by atoms with Crippen LogP contribution in [0.3, 0.4) is 0 Å². The van der Waals surface area contributed by atoms with Gasteiger partial charge in [-0.25, -0.2) is 0 Å². The standard InChI is InChI=1S/C12H9N3S/c1-9(16)15-12(11(7-13)8-14)10-5-3-2-4-6-10/h2-6H,1H3,(H,15,16). The van der Waals surface area contributed by atoms with Gasteiger partial charge in [-0.05, 0) is 6.92 Å². The Bertz CT molecular complexity index is 487. The highest BCUT2D eigenvalue weighted by Crippen LogP contribution is 2.15. The van der Waals surface area contributed by atoms with E-state index in [0.29, 0.717) is 10.7 Å². The molecule has 0 radical (unpaired) electrons. The summed E-state index contributed by atoms with van der Waals surface area (Å²) in [5.41, 5.74) is 1.25. The lowest BCUT2D eigenvalue weighted by Crippen LogP contribution is -2.17. The van der Waals surface area contributed by atoms with E-state index < -0.39 is 0 Å². The van der Waals surface area contributed by atoms with Crippen LogP contribution in [-0.2, 0) is 0 Å². The van der Waals surface area contributed by atoms with E-state index >= 15 is 0 Å². The topological polar surface area (TPSA) is 59.6 Å². The molecule has 1 aromatic carbocycles. The van der Waals surface area contributed by atoms with Gasteiger partial charge >= 0.3 is 0 Å². The van der Waals surface area contributed by atoms with E-state index in [1.54, 1.807) is 6.92 Å². The first kappa shape index (κ1) is 11.9. The summed E-state index contributed by atoms with van der Waals surface area (Å²) in [6.07, 6.45) is 0. The predicted molar refractivity (Wildman–Crippen MR) is 66.0 cm³/mol. The maximum Gasteiger partial charge on any atom is 0.153 e. The minimum absolute atomic E-state index is 0.0235. The van der Waals surface area contributed by atoms with Crippen LogP contribution in [0.4, 0.5) is 0 Å². The highest BCUT2D eigenvalue weighted by atomic mass is 32.1. The van der Waals surface area contributed by atoms with Gasteiger partial charge in [0.2, 0.25) is 0 Å². The van der Waals surface area contributed by atoms with Crippen molar-refractivity contribution in [1.82, 2.24) is 5.32 Å². The monoisotopic (exact) mass is 227 g/mol. The van der Waals surface area contributed by atoms with E-state index in [1.165, 1.54) is 0 Å². The molecule has 1 N–H and O–H groups in total. The lowest BCUT2D eigenvalue weighted by Gasteiger charge is -2.09. The van der Waals surface area contributed by atoms with Crippen molar-refractivity contribution in [1.29, 1.82) is 10.5 Å². The van der Waals surface area contributed by atoms with E-state index in [2.05, 4.69) is 5.32 Å². The zero-order chi connectivity index (χ0) is 12.0. The number of hydrogen-bond donors (Lipinski definition) is 1. The zero-order valence-corrected chi connectivity index (χ0v) is 9.51. The third-order valence-electron chi connectivity index (χ3n) is 1.84. The molecule has 1 aromatic rings. The Kier molecular flexibility index (Phi) is 4.20. The van der Waals surface area contributed by atoms with Crippen LogP contribution in [0, 0.1) is 22.7 Å². The van der Waals surface area contributed by atoms with Gasteiger partial charge < -0.3 is 5.32 Å². The van der Waals surface area contributed by atoms with Gasteiger partial charge in [0, 0.05) is 5.56 Å². The molecule has 0 aromatic heterocycles. The minimum atomic E-state index is 0.0235. The van der Waals surface area contributed by atoms with Crippen LogP contribution in [-0.4, -0.2) is 4.99 Å². The summed E-state index contributed by atoms with van der Waals surface area (Å²) < 4.78 is 0. The van der Waals surface area contributed by atoms with Crippen molar-refractivity contribution in [2.75, 3.05) is 0 Å². The molecular weight excluding hydrogens is 218 g/mol. The van der Waals surface area contributed by atoms with E-state index in [1.807, 2.05) is 42.5 Å². The van der Waals surface area contributed by atoms with Crippen LogP contribution >= 0.6 is 12.2 Å². The number of benzene rings is 1. The molecule has 0 aliphatic heterocycles. The van der Waals surface area contributed by atoms with Gasteiger partial charge in [0.05, 0.1) is 10.7 Å². The molecule has 0 unspecified atom stereocenters. The maximum atomic E-state index is 8.86. The molecule has 1 rings (SSSR count). The fourth-order valence-corrected chi connectivity index (χ4v) is 1.30. The van der Waals surface area contributed by atoms with Crippen molar-refractivity contribution in [2.24, 2.45) is 0 Å². The number of nitrogens with one attached hydrogen (secondary N) is 1. The number of nitrogens with zero attached hydrogens (tertiary/aromatic N) is 2. The highest BCUT2D eigenvalue weighted by Gasteiger charge is 2.08. The van der Waals surface area contributed by atoms with Crippen LogP contribution in [0.1, 0.15) is 12.5 Å². The molecule has 0 saturated heterocycles. The van der Waals surface area contributed by atoms with Gasteiger partial charge in [-0.1, -0.05) is 42.5 Å². The van der Waals surface area contributed by atoms with Crippen molar-refractivity contribution in [3.8, 4) is 12.1 Å². The Morgan fingerprint density at radius 1 is 1.19 bits per heavy atom. The molecule has 0 spiro atoms. The quantitative estimate of drug-likeness (QED) is 0.622. The van der Waals surface area contributed by atoms with Gasteiger partial charge in [0.1, 0.15) is 12.1 Å². The molecule has 0 fully saturated rings. The lowest BCUT2D eigenvalue weighted by molar-refractivity contribution is 1.28. The van der Waals surface area contributed by atoms with Crippen LogP contribution in [0.5, 0.6) is 0 Å². The first-order valence-electron chi connectivity index (χ1n) is 4.56. The zero-order valence-electron chi connectivity index (χ0n) is 8.69. The molecule has 0 bridgehead atoms. The molecule has 0 saturated carbocycles. The summed E-state index contributed by atoms with van der Waals surface area (Å²) in [4.78, 5) is 0.516. The molecule has 0 aliphatic rings. The Morgan fingerprint density at radius 2 is 1.75 bits per heavy atom. The second-order valence-electron chi connectivity index (χ2n) is 3.02. The van der Waals surface area contributed by atoms with E-state index in [9.17, 15) is 0 Å². The summed E-state index contributed by atoms with van der Waals surface area (Å²) in [6.45, 7) is 1.70.